The number of rotatable bonds is 6. The van der Waals surface area contributed by atoms with Crippen LogP contribution in [0.3, 0.4) is 0 Å². The molecule has 0 heterocycles. The van der Waals surface area contributed by atoms with Gasteiger partial charge in [-0.05, 0) is 55.7 Å². The zero-order valence-corrected chi connectivity index (χ0v) is 16.1. The van der Waals surface area contributed by atoms with Crippen LogP contribution < -0.4 is 15.0 Å². The van der Waals surface area contributed by atoms with Crippen LogP contribution in [0.4, 0.5) is 11.4 Å². The van der Waals surface area contributed by atoms with Crippen molar-refractivity contribution < 1.29 is 14.3 Å². The van der Waals surface area contributed by atoms with Gasteiger partial charge in [0.2, 0.25) is 11.8 Å². The Kier molecular flexibility index (Phi) is 6.39. The van der Waals surface area contributed by atoms with Gasteiger partial charge in [0, 0.05) is 25.6 Å². The first-order valence-electron chi connectivity index (χ1n) is 8.61. The van der Waals surface area contributed by atoms with Gasteiger partial charge >= 0.3 is 0 Å². The Bertz CT molecular complexity index is 815. The predicted molar refractivity (Wildman–Crippen MR) is 105 cm³/mol. The molecular formula is C21H26N2O3. The van der Waals surface area contributed by atoms with Crippen LogP contribution >= 0.6 is 0 Å². The lowest BCUT2D eigenvalue weighted by Gasteiger charge is -2.23. The molecule has 0 aliphatic carbocycles. The lowest BCUT2D eigenvalue weighted by Crippen LogP contribution is -2.32. The number of hydrogen-bond acceptors (Lipinski definition) is 3. The number of methoxy groups -OCH3 is 1. The zero-order chi connectivity index (χ0) is 19.3. The molecule has 0 aliphatic heterocycles. The molecule has 5 nitrogen and oxygen atoms in total. The maximum absolute atomic E-state index is 12.4. The molecule has 0 spiro atoms. The molecule has 0 fully saturated rings. The number of carbonyl (C=O) groups excluding carboxylic acids is 2. The molecule has 0 saturated heterocycles. The minimum atomic E-state index is -0.162. The van der Waals surface area contributed by atoms with Crippen molar-refractivity contribution in [2.45, 2.75) is 34.1 Å². The van der Waals surface area contributed by atoms with Crippen LogP contribution in [0, 0.1) is 20.8 Å². The van der Waals surface area contributed by atoms with Gasteiger partial charge in [-0.25, -0.2) is 0 Å². The zero-order valence-electron chi connectivity index (χ0n) is 16.1. The van der Waals surface area contributed by atoms with E-state index in [1.807, 2.05) is 57.2 Å². The molecule has 1 N–H and O–H groups in total. The van der Waals surface area contributed by atoms with Crippen LogP contribution in [-0.4, -0.2) is 25.5 Å². The Morgan fingerprint density at radius 3 is 2.35 bits per heavy atom. The fourth-order valence-electron chi connectivity index (χ4n) is 2.80. The topological polar surface area (TPSA) is 58.6 Å². The van der Waals surface area contributed by atoms with Crippen LogP contribution in [-0.2, 0) is 9.59 Å². The molecule has 138 valence electrons. The summed E-state index contributed by atoms with van der Waals surface area (Å²) in [4.78, 5) is 26.1. The summed E-state index contributed by atoms with van der Waals surface area (Å²) in [5.74, 6) is 0.368. The Hall–Kier alpha value is -2.82. The largest absolute Gasteiger partial charge is 0.495 e. The maximum atomic E-state index is 12.4. The SMILES string of the molecule is COc1ccc(C)cc1NC(=O)CCN(C(C)=O)c1cc(C)ccc1C. The monoisotopic (exact) mass is 354 g/mol. The number of nitrogens with zero attached hydrogens (tertiary/aromatic N) is 1. The molecule has 26 heavy (non-hydrogen) atoms. The summed E-state index contributed by atoms with van der Waals surface area (Å²) in [6.07, 6.45) is 0.198. The van der Waals surface area contributed by atoms with Gasteiger partial charge in [0.05, 0.1) is 12.8 Å². The molecule has 2 amide bonds. The van der Waals surface area contributed by atoms with Gasteiger partial charge in [-0.2, -0.15) is 0 Å². The lowest BCUT2D eigenvalue weighted by atomic mass is 10.1. The van der Waals surface area contributed by atoms with Crippen molar-refractivity contribution in [3.05, 3.63) is 53.1 Å². The standard InChI is InChI=1S/C21H26N2O3/c1-14-7-9-20(26-5)18(12-14)22-21(25)10-11-23(17(4)24)19-13-15(2)6-8-16(19)3/h6-9,12-13H,10-11H2,1-5H3,(H,22,25). The van der Waals surface area contributed by atoms with Crippen molar-refractivity contribution in [3.8, 4) is 5.75 Å². The molecule has 2 aromatic rings. The Morgan fingerprint density at radius 1 is 1.04 bits per heavy atom. The molecule has 0 saturated carbocycles. The van der Waals surface area contributed by atoms with Gasteiger partial charge < -0.3 is 15.0 Å². The maximum Gasteiger partial charge on any atom is 0.226 e. The summed E-state index contributed by atoms with van der Waals surface area (Å²) in [6.45, 7) is 7.73. The summed E-state index contributed by atoms with van der Waals surface area (Å²) in [5.41, 5.74) is 4.59. The van der Waals surface area contributed by atoms with Crippen molar-refractivity contribution >= 4 is 23.2 Å². The van der Waals surface area contributed by atoms with E-state index in [2.05, 4.69) is 5.32 Å². The normalized spacial score (nSPS) is 10.3. The number of amides is 2. The van der Waals surface area contributed by atoms with E-state index in [-0.39, 0.29) is 18.2 Å². The van der Waals surface area contributed by atoms with Crippen LogP contribution in [0.1, 0.15) is 30.0 Å². The highest BCUT2D eigenvalue weighted by atomic mass is 16.5. The second-order valence-corrected chi connectivity index (χ2v) is 6.46. The molecule has 0 aliphatic rings. The van der Waals surface area contributed by atoms with Gasteiger partial charge in [0.15, 0.2) is 0 Å². The smallest absolute Gasteiger partial charge is 0.226 e. The first-order valence-corrected chi connectivity index (χ1v) is 8.61. The van der Waals surface area contributed by atoms with Crippen LogP contribution in [0.5, 0.6) is 5.75 Å². The van der Waals surface area contributed by atoms with Gasteiger partial charge in [-0.3, -0.25) is 9.59 Å². The summed E-state index contributed by atoms with van der Waals surface area (Å²) in [5, 5.41) is 2.87. The van der Waals surface area contributed by atoms with Crippen molar-refractivity contribution in [2.24, 2.45) is 0 Å². The van der Waals surface area contributed by atoms with Crippen molar-refractivity contribution in [2.75, 3.05) is 23.9 Å². The highest BCUT2D eigenvalue weighted by Gasteiger charge is 2.16. The predicted octanol–water partition coefficient (Wildman–Crippen LogP) is 4.00. The molecular weight excluding hydrogens is 328 g/mol. The third-order valence-corrected chi connectivity index (χ3v) is 4.23. The van der Waals surface area contributed by atoms with E-state index in [0.29, 0.717) is 18.0 Å². The van der Waals surface area contributed by atoms with Crippen molar-refractivity contribution in [1.82, 2.24) is 0 Å². The van der Waals surface area contributed by atoms with Crippen LogP contribution in [0.15, 0.2) is 36.4 Å². The van der Waals surface area contributed by atoms with E-state index in [9.17, 15) is 9.59 Å². The van der Waals surface area contributed by atoms with Gasteiger partial charge in [-0.15, -0.1) is 0 Å². The number of nitrogens with one attached hydrogen (secondary N) is 1. The quantitative estimate of drug-likeness (QED) is 0.853. The molecule has 0 unspecified atom stereocenters. The van der Waals surface area contributed by atoms with Crippen LogP contribution in [0.2, 0.25) is 0 Å². The fraction of sp³-hybridized carbons (Fsp3) is 0.333. The first kappa shape index (κ1) is 19.5. The van der Waals surface area contributed by atoms with Gasteiger partial charge in [0.25, 0.3) is 0 Å². The number of carbonyl (C=O) groups is 2. The molecule has 0 bridgehead atoms. The van der Waals surface area contributed by atoms with E-state index in [4.69, 9.17) is 4.74 Å². The minimum Gasteiger partial charge on any atom is -0.495 e. The third kappa shape index (κ3) is 4.85. The van der Waals surface area contributed by atoms with Gasteiger partial charge in [0.1, 0.15) is 5.75 Å². The number of anilines is 2. The molecule has 0 aromatic heterocycles. The molecule has 5 heteroatoms. The molecule has 2 rings (SSSR count). The lowest BCUT2D eigenvalue weighted by molar-refractivity contribution is -0.117. The number of ether oxygens (including phenoxy) is 1. The molecule has 2 aromatic carbocycles. The summed E-state index contributed by atoms with van der Waals surface area (Å²) in [6, 6.07) is 11.6. The van der Waals surface area contributed by atoms with E-state index in [0.717, 1.165) is 22.4 Å². The second-order valence-electron chi connectivity index (χ2n) is 6.46. The summed E-state index contributed by atoms with van der Waals surface area (Å²) in [7, 11) is 1.57. The molecule has 0 radical (unpaired) electrons. The highest BCUT2D eigenvalue weighted by Crippen LogP contribution is 2.26. The van der Waals surface area contributed by atoms with Crippen LogP contribution in [0.25, 0.3) is 0 Å². The van der Waals surface area contributed by atoms with Gasteiger partial charge in [-0.1, -0.05) is 18.2 Å². The second kappa shape index (κ2) is 8.52. The third-order valence-electron chi connectivity index (χ3n) is 4.23. The highest BCUT2D eigenvalue weighted by molar-refractivity contribution is 5.96. The summed E-state index contributed by atoms with van der Waals surface area (Å²) < 4.78 is 5.28. The van der Waals surface area contributed by atoms with E-state index >= 15 is 0 Å². The average molecular weight is 354 g/mol. The Balaban J connectivity index is 2.10. The summed E-state index contributed by atoms with van der Waals surface area (Å²) >= 11 is 0. The first-order chi connectivity index (χ1) is 12.3. The fourth-order valence-corrected chi connectivity index (χ4v) is 2.80. The Labute approximate surface area is 155 Å². The number of hydrogen-bond donors (Lipinski definition) is 1. The van der Waals surface area contributed by atoms with E-state index < -0.39 is 0 Å². The Morgan fingerprint density at radius 2 is 1.69 bits per heavy atom. The van der Waals surface area contributed by atoms with Crippen molar-refractivity contribution in [3.63, 3.8) is 0 Å². The van der Waals surface area contributed by atoms with E-state index in [1.165, 1.54) is 6.92 Å². The minimum absolute atomic E-state index is 0.0837. The van der Waals surface area contributed by atoms with Crippen molar-refractivity contribution in [1.29, 1.82) is 0 Å². The number of aryl methyl sites for hydroxylation is 3. The van der Waals surface area contributed by atoms with E-state index in [1.54, 1.807) is 12.0 Å². The molecule has 0 atom stereocenters. The number of benzene rings is 2. The average Bonchev–Trinajstić information content (AvgIpc) is 2.58.